The summed E-state index contributed by atoms with van der Waals surface area (Å²) >= 11 is 1.82. The monoisotopic (exact) mass is 174 g/mol. The standard InChI is InChI=1S/C8H14O2S/c1-7(9)10-6-8(11-2)4-3-5-8/h3-6H2,1-2H3. The molecule has 1 aliphatic rings. The van der Waals surface area contributed by atoms with E-state index in [4.69, 9.17) is 4.74 Å². The number of ether oxygens (including phenoxy) is 1. The molecule has 0 heterocycles. The molecule has 1 rings (SSSR count). The summed E-state index contributed by atoms with van der Waals surface area (Å²) in [6, 6.07) is 0. The van der Waals surface area contributed by atoms with Gasteiger partial charge >= 0.3 is 5.97 Å². The van der Waals surface area contributed by atoms with Crippen molar-refractivity contribution >= 4 is 17.7 Å². The average molecular weight is 174 g/mol. The number of hydrogen-bond acceptors (Lipinski definition) is 3. The molecule has 0 aromatic heterocycles. The molecule has 0 aromatic carbocycles. The van der Waals surface area contributed by atoms with Crippen LogP contribution in [0, 0.1) is 0 Å². The molecular weight excluding hydrogens is 160 g/mol. The lowest BCUT2D eigenvalue weighted by atomic mass is 9.85. The highest BCUT2D eigenvalue weighted by atomic mass is 32.2. The van der Waals surface area contributed by atoms with Gasteiger partial charge in [0.1, 0.15) is 6.61 Å². The van der Waals surface area contributed by atoms with E-state index in [1.54, 1.807) is 0 Å². The number of rotatable bonds is 3. The Hall–Kier alpha value is -0.180. The molecule has 3 heteroatoms. The lowest BCUT2D eigenvalue weighted by molar-refractivity contribution is -0.142. The van der Waals surface area contributed by atoms with Crippen LogP contribution in [0.2, 0.25) is 0 Å². The molecule has 0 atom stereocenters. The van der Waals surface area contributed by atoms with Crippen LogP contribution in [0.15, 0.2) is 0 Å². The van der Waals surface area contributed by atoms with E-state index in [-0.39, 0.29) is 10.7 Å². The fourth-order valence-corrected chi connectivity index (χ4v) is 2.09. The minimum atomic E-state index is -0.162. The minimum Gasteiger partial charge on any atom is -0.464 e. The van der Waals surface area contributed by atoms with Gasteiger partial charge in [0.2, 0.25) is 0 Å². The zero-order valence-corrected chi connectivity index (χ0v) is 7.87. The normalized spacial score (nSPS) is 20.5. The van der Waals surface area contributed by atoms with Crippen LogP contribution in [0.5, 0.6) is 0 Å². The van der Waals surface area contributed by atoms with Crippen LogP contribution in [0.4, 0.5) is 0 Å². The molecule has 0 unspecified atom stereocenters. The predicted molar refractivity (Wildman–Crippen MR) is 46.7 cm³/mol. The molecule has 11 heavy (non-hydrogen) atoms. The van der Waals surface area contributed by atoms with Crippen LogP contribution in [-0.4, -0.2) is 23.6 Å². The Morgan fingerprint density at radius 2 is 2.27 bits per heavy atom. The van der Waals surface area contributed by atoms with Crippen LogP contribution in [0.3, 0.4) is 0 Å². The van der Waals surface area contributed by atoms with Crippen molar-refractivity contribution in [3.63, 3.8) is 0 Å². The summed E-state index contributed by atoms with van der Waals surface area (Å²) in [6.45, 7) is 2.07. The van der Waals surface area contributed by atoms with Gasteiger partial charge in [0.15, 0.2) is 0 Å². The van der Waals surface area contributed by atoms with Gasteiger partial charge in [0.25, 0.3) is 0 Å². The van der Waals surface area contributed by atoms with Crippen molar-refractivity contribution in [2.24, 2.45) is 0 Å². The SMILES string of the molecule is CSC1(COC(C)=O)CCC1. The lowest BCUT2D eigenvalue weighted by Crippen LogP contribution is -2.38. The van der Waals surface area contributed by atoms with Gasteiger partial charge in [-0.05, 0) is 19.1 Å². The fourth-order valence-electron chi connectivity index (χ4n) is 1.21. The maximum Gasteiger partial charge on any atom is 0.302 e. The van der Waals surface area contributed by atoms with E-state index < -0.39 is 0 Å². The summed E-state index contributed by atoms with van der Waals surface area (Å²) in [6.07, 6.45) is 5.76. The van der Waals surface area contributed by atoms with Gasteiger partial charge in [-0.1, -0.05) is 6.42 Å². The third kappa shape index (κ3) is 2.12. The quantitative estimate of drug-likeness (QED) is 0.611. The van der Waals surface area contributed by atoms with Gasteiger partial charge < -0.3 is 4.74 Å². The smallest absolute Gasteiger partial charge is 0.302 e. The zero-order chi connectivity index (χ0) is 8.32. The van der Waals surface area contributed by atoms with Crippen LogP contribution in [0.1, 0.15) is 26.2 Å². The van der Waals surface area contributed by atoms with E-state index >= 15 is 0 Å². The average Bonchev–Trinajstić information content (AvgIpc) is 1.86. The van der Waals surface area contributed by atoms with Crippen molar-refractivity contribution in [3.8, 4) is 0 Å². The summed E-state index contributed by atoms with van der Waals surface area (Å²) in [4.78, 5) is 10.5. The molecule has 0 spiro atoms. The van der Waals surface area contributed by atoms with Gasteiger partial charge in [-0.25, -0.2) is 0 Å². The molecule has 1 fully saturated rings. The lowest BCUT2D eigenvalue weighted by Gasteiger charge is -2.39. The van der Waals surface area contributed by atoms with E-state index in [9.17, 15) is 4.79 Å². The fraction of sp³-hybridized carbons (Fsp3) is 0.875. The molecule has 0 amide bonds. The Labute approximate surface area is 71.7 Å². The molecule has 1 saturated carbocycles. The second kappa shape index (κ2) is 3.48. The van der Waals surface area contributed by atoms with Crippen molar-refractivity contribution in [1.29, 1.82) is 0 Å². The summed E-state index contributed by atoms with van der Waals surface area (Å²) in [5.41, 5.74) is 0. The second-order valence-corrected chi connectivity index (χ2v) is 4.30. The van der Waals surface area contributed by atoms with Crippen molar-refractivity contribution in [3.05, 3.63) is 0 Å². The maximum absolute atomic E-state index is 10.5. The van der Waals surface area contributed by atoms with Crippen molar-refractivity contribution in [2.75, 3.05) is 12.9 Å². The van der Waals surface area contributed by atoms with Gasteiger partial charge in [-0.2, -0.15) is 11.8 Å². The first-order chi connectivity index (χ1) is 5.18. The summed E-state index contributed by atoms with van der Waals surface area (Å²) < 4.78 is 5.25. The van der Waals surface area contributed by atoms with E-state index in [0.717, 1.165) is 0 Å². The van der Waals surface area contributed by atoms with Crippen LogP contribution in [-0.2, 0) is 9.53 Å². The highest BCUT2D eigenvalue weighted by Gasteiger charge is 2.37. The number of esters is 1. The largest absolute Gasteiger partial charge is 0.464 e. The Morgan fingerprint density at radius 1 is 1.64 bits per heavy atom. The number of thioether (sulfide) groups is 1. The first kappa shape index (κ1) is 8.91. The third-order valence-electron chi connectivity index (χ3n) is 2.24. The Kier molecular flexibility index (Phi) is 2.82. The second-order valence-electron chi connectivity index (χ2n) is 3.02. The minimum absolute atomic E-state index is 0.162. The van der Waals surface area contributed by atoms with Crippen molar-refractivity contribution < 1.29 is 9.53 Å². The summed E-state index contributed by atoms with van der Waals surface area (Å²) in [7, 11) is 0. The Balaban J connectivity index is 2.27. The summed E-state index contributed by atoms with van der Waals surface area (Å²) in [5.74, 6) is -0.162. The Morgan fingerprint density at radius 3 is 2.55 bits per heavy atom. The van der Waals surface area contributed by atoms with Crippen LogP contribution in [0.25, 0.3) is 0 Å². The molecule has 0 saturated heterocycles. The first-order valence-electron chi connectivity index (χ1n) is 3.87. The highest BCUT2D eigenvalue weighted by Crippen LogP contribution is 2.42. The van der Waals surface area contributed by atoms with Crippen LogP contribution >= 0.6 is 11.8 Å². The highest BCUT2D eigenvalue weighted by molar-refractivity contribution is 8.00. The molecular formula is C8H14O2S. The van der Waals surface area contributed by atoms with E-state index in [2.05, 4.69) is 6.26 Å². The molecule has 64 valence electrons. The van der Waals surface area contributed by atoms with E-state index in [1.165, 1.54) is 26.2 Å². The van der Waals surface area contributed by atoms with E-state index in [0.29, 0.717) is 6.61 Å². The van der Waals surface area contributed by atoms with Crippen LogP contribution < -0.4 is 0 Å². The van der Waals surface area contributed by atoms with Gasteiger partial charge in [0, 0.05) is 11.7 Å². The predicted octanol–water partition coefficient (Wildman–Crippen LogP) is 1.84. The summed E-state index contributed by atoms with van der Waals surface area (Å²) in [5, 5.41) is 0. The van der Waals surface area contributed by atoms with Gasteiger partial charge in [-0.3, -0.25) is 4.79 Å². The maximum atomic E-state index is 10.5. The number of hydrogen-bond donors (Lipinski definition) is 0. The molecule has 0 bridgehead atoms. The molecule has 0 aromatic rings. The number of carbonyl (C=O) groups excluding carboxylic acids is 1. The topological polar surface area (TPSA) is 26.3 Å². The number of carbonyl (C=O) groups is 1. The van der Waals surface area contributed by atoms with Gasteiger partial charge in [-0.15, -0.1) is 0 Å². The third-order valence-corrected chi connectivity index (χ3v) is 3.63. The van der Waals surface area contributed by atoms with Gasteiger partial charge in [0.05, 0.1) is 0 Å². The Bertz CT molecular complexity index is 147. The molecule has 1 aliphatic carbocycles. The van der Waals surface area contributed by atoms with Crippen molar-refractivity contribution in [2.45, 2.75) is 30.9 Å². The molecule has 0 N–H and O–H groups in total. The van der Waals surface area contributed by atoms with Crippen molar-refractivity contribution in [1.82, 2.24) is 0 Å². The molecule has 2 nitrogen and oxygen atoms in total. The molecule has 0 aliphatic heterocycles. The molecule has 0 radical (unpaired) electrons. The van der Waals surface area contributed by atoms with E-state index in [1.807, 2.05) is 11.8 Å². The zero-order valence-electron chi connectivity index (χ0n) is 7.05. The first-order valence-corrected chi connectivity index (χ1v) is 5.09.